The normalized spacial score (nSPS) is 13.4. The summed E-state index contributed by atoms with van der Waals surface area (Å²) in [7, 11) is 0. The van der Waals surface area contributed by atoms with Crippen LogP contribution in [0.4, 0.5) is 4.39 Å². The van der Waals surface area contributed by atoms with E-state index in [1.54, 1.807) is 24.7 Å². The predicted octanol–water partition coefficient (Wildman–Crippen LogP) is 4.91. The molecule has 4 rings (SSSR count). The van der Waals surface area contributed by atoms with Gasteiger partial charge in [0.1, 0.15) is 5.82 Å². The number of hydrogen-bond donors (Lipinski definition) is 0. The molecule has 174 valence electrons. The van der Waals surface area contributed by atoms with Crippen LogP contribution in [-0.4, -0.2) is 40.3 Å². The number of fused-ring (bicyclic) bond motifs is 3. The van der Waals surface area contributed by atoms with Crippen molar-refractivity contribution in [2.24, 2.45) is 4.99 Å². The van der Waals surface area contributed by atoms with Crippen molar-refractivity contribution in [3.8, 4) is 0 Å². The monoisotopic (exact) mass is 450 g/mol. The average molecular weight is 451 g/mol. The molecule has 1 aliphatic heterocycles. The Morgan fingerprint density at radius 2 is 2.09 bits per heavy atom. The van der Waals surface area contributed by atoms with Crippen LogP contribution >= 0.6 is 0 Å². The Hall–Kier alpha value is -3.32. The van der Waals surface area contributed by atoms with E-state index in [1.807, 2.05) is 38.1 Å². The van der Waals surface area contributed by atoms with Gasteiger partial charge in [-0.25, -0.2) is 4.39 Å². The lowest BCUT2D eigenvalue weighted by atomic mass is 10.0. The molecule has 0 saturated carbocycles. The first kappa shape index (κ1) is 24.3. The van der Waals surface area contributed by atoms with Crippen molar-refractivity contribution in [1.29, 1.82) is 0 Å². The molecule has 0 radical (unpaired) electrons. The Balaban J connectivity index is 0.000000555. The Morgan fingerprint density at radius 3 is 2.76 bits per heavy atom. The first-order valence-electron chi connectivity index (χ1n) is 11.2. The molecule has 3 heterocycles. The predicted molar refractivity (Wildman–Crippen MR) is 130 cm³/mol. The van der Waals surface area contributed by atoms with Gasteiger partial charge < -0.3 is 9.30 Å². The van der Waals surface area contributed by atoms with E-state index in [1.165, 1.54) is 22.9 Å². The van der Waals surface area contributed by atoms with E-state index in [9.17, 15) is 9.18 Å². The number of aromatic nitrogens is 2. The number of halogens is 1. The smallest absolute Gasteiger partial charge is 0.307 e. The van der Waals surface area contributed by atoms with Crippen LogP contribution in [0.5, 0.6) is 0 Å². The van der Waals surface area contributed by atoms with Crippen molar-refractivity contribution >= 4 is 23.6 Å². The number of ether oxygens (including phenoxy) is 1. The number of pyridine rings is 1. The Morgan fingerprint density at radius 1 is 1.30 bits per heavy atom. The number of nitrogens with zero attached hydrogens (tertiary/aromatic N) is 4. The zero-order valence-electron chi connectivity index (χ0n) is 19.3. The standard InChI is InChI=1S/C22H24FN3O2.C4H7N/c1-2-28-22(27)8-12-26-20-4-3-17(23)13-18(20)19-15-25(11-7-21(19)26)14-16-5-9-24-10-6-16;1-3-4-5-2/h3-6,9-10,13H,2,7-8,11-12,14-15H2,1H3;3-4H,2H2,1H3/b;4-3-. The fraction of sp³-hybridized carbons (Fsp3) is 0.346. The molecular weight excluding hydrogens is 419 g/mol. The van der Waals surface area contributed by atoms with E-state index in [0.717, 1.165) is 37.0 Å². The highest BCUT2D eigenvalue weighted by atomic mass is 19.1. The number of benzene rings is 1. The van der Waals surface area contributed by atoms with Gasteiger partial charge in [0.25, 0.3) is 0 Å². The summed E-state index contributed by atoms with van der Waals surface area (Å²) >= 11 is 0. The molecule has 7 heteroatoms. The van der Waals surface area contributed by atoms with Gasteiger partial charge in [-0.15, -0.1) is 0 Å². The van der Waals surface area contributed by atoms with Crippen LogP contribution < -0.4 is 0 Å². The number of aryl methyl sites for hydroxylation is 1. The third-order valence-corrected chi connectivity index (χ3v) is 5.55. The van der Waals surface area contributed by atoms with E-state index in [0.29, 0.717) is 19.6 Å². The van der Waals surface area contributed by atoms with Gasteiger partial charge in [0.05, 0.1) is 13.0 Å². The molecule has 0 saturated heterocycles. The highest BCUT2D eigenvalue weighted by Crippen LogP contribution is 2.32. The van der Waals surface area contributed by atoms with Crippen LogP contribution in [0, 0.1) is 5.82 Å². The maximum atomic E-state index is 14.0. The van der Waals surface area contributed by atoms with Gasteiger partial charge in [-0.05, 0) is 62.0 Å². The van der Waals surface area contributed by atoms with Crippen molar-refractivity contribution in [2.45, 2.75) is 46.3 Å². The van der Waals surface area contributed by atoms with Crippen LogP contribution in [0.25, 0.3) is 10.9 Å². The molecule has 0 N–H and O–H groups in total. The molecule has 0 atom stereocenters. The van der Waals surface area contributed by atoms with Gasteiger partial charge in [0, 0.05) is 67.8 Å². The van der Waals surface area contributed by atoms with Gasteiger partial charge in [-0.3, -0.25) is 19.7 Å². The van der Waals surface area contributed by atoms with E-state index >= 15 is 0 Å². The second-order valence-electron chi connectivity index (χ2n) is 7.77. The molecule has 3 aromatic rings. The summed E-state index contributed by atoms with van der Waals surface area (Å²) < 4.78 is 21.2. The maximum absolute atomic E-state index is 14.0. The fourth-order valence-corrected chi connectivity index (χ4v) is 4.16. The van der Waals surface area contributed by atoms with Crippen LogP contribution in [0.3, 0.4) is 0 Å². The third-order valence-electron chi connectivity index (χ3n) is 5.55. The van der Waals surface area contributed by atoms with Gasteiger partial charge in [-0.1, -0.05) is 6.08 Å². The molecule has 0 aliphatic carbocycles. The van der Waals surface area contributed by atoms with Gasteiger partial charge in [0.15, 0.2) is 0 Å². The number of hydrogen-bond acceptors (Lipinski definition) is 5. The molecule has 1 aromatic carbocycles. The summed E-state index contributed by atoms with van der Waals surface area (Å²) in [6.07, 6.45) is 8.28. The number of esters is 1. The molecule has 0 unspecified atom stereocenters. The van der Waals surface area contributed by atoms with E-state index in [2.05, 4.69) is 26.2 Å². The second-order valence-corrected chi connectivity index (χ2v) is 7.77. The lowest BCUT2D eigenvalue weighted by molar-refractivity contribution is -0.143. The first-order valence-corrected chi connectivity index (χ1v) is 11.2. The van der Waals surface area contributed by atoms with Crippen LogP contribution in [0.15, 0.2) is 60.0 Å². The zero-order valence-corrected chi connectivity index (χ0v) is 19.3. The summed E-state index contributed by atoms with van der Waals surface area (Å²) in [6, 6.07) is 8.98. The summed E-state index contributed by atoms with van der Waals surface area (Å²) in [5, 5.41) is 0.943. The summed E-state index contributed by atoms with van der Waals surface area (Å²) in [4.78, 5) is 21.7. The zero-order chi connectivity index (χ0) is 23.6. The molecule has 0 spiro atoms. The first-order chi connectivity index (χ1) is 16.1. The minimum absolute atomic E-state index is 0.199. The summed E-state index contributed by atoms with van der Waals surface area (Å²) in [6.45, 7) is 10.4. The fourth-order valence-electron chi connectivity index (χ4n) is 4.16. The molecule has 1 aliphatic rings. The molecular formula is C26H31FN4O2. The van der Waals surface area contributed by atoms with Crippen molar-refractivity contribution in [1.82, 2.24) is 14.5 Å². The maximum Gasteiger partial charge on any atom is 0.307 e. The highest BCUT2D eigenvalue weighted by molar-refractivity contribution is 5.86. The molecule has 33 heavy (non-hydrogen) atoms. The van der Waals surface area contributed by atoms with Gasteiger partial charge in [-0.2, -0.15) is 0 Å². The minimum Gasteiger partial charge on any atom is -0.466 e. The molecule has 0 bridgehead atoms. The Bertz CT molecular complexity index is 1110. The number of carbonyl (C=O) groups excluding carboxylic acids is 1. The topological polar surface area (TPSA) is 59.7 Å². The second kappa shape index (κ2) is 12.1. The Labute approximate surface area is 194 Å². The number of rotatable bonds is 7. The van der Waals surface area contributed by atoms with E-state index < -0.39 is 0 Å². The number of carbonyl (C=O) groups is 1. The van der Waals surface area contributed by atoms with E-state index in [4.69, 9.17) is 4.74 Å². The Kier molecular flexibility index (Phi) is 8.89. The van der Waals surface area contributed by atoms with Crippen molar-refractivity contribution in [2.75, 3.05) is 13.2 Å². The summed E-state index contributed by atoms with van der Waals surface area (Å²) in [5.41, 5.74) is 4.58. The quantitative estimate of drug-likeness (QED) is 0.379. The average Bonchev–Trinajstić information content (AvgIpc) is 3.12. The summed E-state index contributed by atoms with van der Waals surface area (Å²) in [5.74, 6) is -0.431. The SMILES string of the molecule is C=N/C=C\C.CCOC(=O)CCn1c2c(c3cc(F)ccc31)CN(Cc1ccncc1)CC2. The highest BCUT2D eigenvalue weighted by Gasteiger charge is 2.24. The van der Waals surface area contributed by atoms with Crippen LogP contribution in [0.1, 0.15) is 37.1 Å². The van der Waals surface area contributed by atoms with E-state index in [-0.39, 0.29) is 11.8 Å². The number of allylic oxidation sites excluding steroid dienone is 1. The van der Waals surface area contributed by atoms with Crippen molar-refractivity contribution in [3.05, 3.63) is 77.6 Å². The molecule has 2 aromatic heterocycles. The van der Waals surface area contributed by atoms with Crippen LogP contribution in [-0.2, 0) is 35.6 Å². The lowest BCUT2D eigenvalue weighted by Gasteiger charge is -2.28. The largest absolute Gasteiger partial charge is 0.466 e. The van der Waals surface area contributed by atoms with Gasteiger partial charge in [0.2, 0.25) is 0 Å². The molecule has 0 amide bonds. The lowest BCUT2D eigenvalue weighted by Crippen LogP contribution is -2.30. The van der Waals surface area contributed by atoms with Crippen LogP contribution in [0.2, 0.25) is 0 Å². The number of aliphatic imine (C=N–C) groups is 1. The van der Waals surface area contributed by atoms with Gasteiger partial charge >= 0.3 is 5.97 Å². The third kappa shape index (κ3) is 6.35. The molecule has 0 fully saturated rings. The van der Waals surface area contributed by atoms with Crippen molar-refractivity contribution < 1.29 is 13.9 Å². The van der Waals surface area contributed by atoms with Crippen molar-refractivity contribution in [3.63, 3.8) is 0 Å². The minimum atomic E-state index is -0.232. The molecule has 6 nitrogen and oxygen atoms in total.